The molecule has 0 heterocycles. The van der Waals surface area contributed by atoms with Crippen LogP contribution in [0.4, 0.5) is 0 Å². The number of carboxylic acids is 1. The third-order valence-electron chi connectivity index (χ3n) is 3.44. The summed E-state index contributed by atoms with van der Waals surface area (Å²) in [5, 5.41) is 9.02. The highest BCUT2D eigenvalue weighted by molar-refractivity contribution is 5.86. The lowest BCUT2D eigenvalue weighted by molar-refractivity contribution is -0.133. The normalized spacial score (nSPS) is 28.5. The van der Waals surface area contributed by atoms with E-state index in [1.807, 2.05) is 0 Å². The van der Waals surface area contributed by atoms with Crippen molar-refractivity contribution in [2.45, 2.75) is 46.0 Å². The average molecular weight is 234 g/mol. The lowest BCUT2D eigenvalue weighted by Gasteiger charge is -2.17. The van der Waals surface area contributed by atoms with Crippen LogP contribution < -0.4 is 0 Å². The second-order valence-electron chi connectivity index (χ2n) is 4.94. The number of rotatable bonds is 2. The van der Waals surface area contributed by atoms with E-state index in [9.17, 15) is 4.79 Å². The van der Waals surface area contributed by atoms with Gasteiger partial charge in [0.1, 0.15) is 0 Å². The zero-order valence-corrected chi connectivity index (χ0v) is 10.8. The van der Waals surface area contributed by atoms with E-state index in [2.05, 4.69) is 32.6 Å². The van der Waals surface area contributed by atoms with Gasteiger partial charge in [-0.2, -0.15) is 0 Å². The maximum Gasteiger partial charge on any atom is 0.331 e. The Morgan fingerprint density at radius 2 is 1.94 bits per heavy atom. The summed E-state index contributed by atoms with van der Waals surface area (Å²) >= 11 is 0. The molecule has 0 aromatic carbocycles. The molecule has 0 radical (unpaired) electrons. The van der Waals surface area contributed by atoms with E-state index < -0.39 is 5.97 Å². The summed E-state index contributed by atoms with van der Waals surface area (Å²) in [6.07, 6.45) is 9.28. The zero-order chi connectivity index (χ0) is 12.8. The standard InChI is InChI=1S/C15H22O2/c1-11-5-4-6-12(2)8-10-14(9-7-11)13(3)15(16)17/h5,8,14H,3-4,6-7,9-10H2,1-2H3,(H,16,17)/b11-5+,12-8+/t14-/m1/s1. The number of aliphatic carboxylic acids is 1. The second-order valence-corrected chi connectivity index (χ2v) is 4.94. The molecule has 0 saturated heterocycles. The van der Waals surface area contributed by atoms with Gasteiger partial charge in [-0.15, -0.1) is 0 Å². The lowest BCUT2D eigenvalue weighted by atomic mass is 9.88. The molecule has 94 valence electrons. The fraction of sp³-hybridized carbons (Fsp3) is 0.533. The van der Waals surface area contributed by atoms with Gasteiger partial charge in [-0.1, -0.05) is 29.9 Å². The largest absolute Gasteiger partial charge is 0.478 e. The molecule has 0 aromatic heterocycles. The van der Waals surface area contributed by atoms with Crippen molar-refractivity contribution < 1.29 is 9.90 Å². The minimum absolute atomic E-state index is 0.0731. The molecule has 1 atom stereocenters. The van der Waals surface area contributed by atoms with E-state index in [0.717, 1.165) is 32.1 Å². The summed E-state index contributed by atoms with van der Waals surface area (Å²) in [7, 11) is 0. The van der Waals surface area contributed by atoms with Crippen LogP contribution in [0, 0.1) is 5.92 Å². The first-order chi connectivity index (χ1) is 8.00. The third-order valence-corrected chi connectivity index (χ3v) is 3.44. The molecule has 2 heteroatoms. The van der Waals surface area contributed by atoms with Crippen molar-refractivity contribution in [3.63, 3.8) is 0 Å². The minimum atomic E-state index is -0.861. The van der Waals surface area contributed by atoms with Gasteiger partial charge >= 0.3 is 5.97 Å². The van der Waals surface area contributed by atoms with Crippen LogP contribution in [0.5, 0.6) is 0 Å². The molecule has 0 spiro atoms. The Hall–Kier alpha value is -1.31. The fourth-order valence-electron chi connectivity index (χ4n) is 2.10. The van der Waals surface area contributed by atoms with Gasteiger partial charge < -0.3 is 5.11 Å². The molecule has 1 aliphatic rings. The molecule has 0 aromatic rings. The molecule has 1 aliphatic carbocycles. The first-order valence-corrected chi connectivity index (χ1v) is 6.24. The summed E-state index contributed by atoms with van der Waals surface area (Å²) in [5.74, 6) is -0.788. The molecule has 0 fully saturated rings. The van der Waals surface area contributed by atoms with Gasteiger partial charge in [-0.3, -0.25) is 0 Å². The topological polar surface area (TPSA) is 37.3 Å². The van der Waals surface area contributed by atoms with Crippen molar-refractivity contribution in [2.24, 2.45) is 5.92 Å². The molecule has 0 unspecified atom stereocenters. The van der Waals surface area contributed by atoms with Gasteiger partial charge in [0, 0.05) is 5.57 Å². The van der Waals surface area contributed by atoms with Crippen LogP contribution in [0.25, 0.3) is 0 Å². The monoisotopic (exact) mass is 234 g/mol. The Morgan fingerprint density at radius 3 is 2.59 bits per heavy atom. The summed E-state index contributed by atoms with van der Waals surface area (Å²) in [4.78, 5) is 11.0. The minimum Gasteiger partial charge on any atom is -0.478 e. The van der Waals surface area contributed by atoms with Gasteiger partial charge in [0.2, 0.25) is 0 Å². The van der Waals surface area contributed by atoms with Crippen molar-refractivity contribution in [1.82, 2.24) is 0 Å². The zero-order valence-electron chi connectivity index (χ0n) is 10.8. The van der Waals surface area contributed by atoms with E-state index in [-0.39, 0.29) is 5.92 Å². The summed E-state index contributed by atoms with van der Waals surface area (Å²) in [5.41, 5.74) is 3.06. The highest BCUT2D eigenvalue weighted by Gasteiger charge is 2.17. The van der Waals surface area contributed by atoms with E-state index >= 15 is 0 Å². The Labute approximate surface area is 104 Å². The van der Waals surface area contributed by atoms with Crippen LogP contribution in [0.2, 0.25) is 0 Å². The smallest absolute Gasteiger partial charge is 0.331 e. The highest BCUT2D eigenvalue weighted by Crippen LogP contribution is 2.25. The molecule has 17 heavy (non-hydrogen) atoms. The molecular weight excluding hydrogens is 212 g/mol. The first-order valence-electron chi connectivity index (χ1n) is 6.24. The van der Waals surface area contributed by atoms with Gasteiger partial charge in [-0.05, 0) is 51.9 Å². The SMILES string of the molecule is C=C(C(=O)O)[C@H]1C/C=C(\C)CC/C=C(\C)CC1. The van der Waals surface area contributed by atoms with Crippen LogP contribution in [-0.4, -0.2) is 11.1 Å². The Morgan fingerprint density at radius 1 is 1.29 bits per heavy atom. The number of allylic oxidation sites excluding steroid dienone is 4. The Kier molecular flexibility index (Phi) is 5.20. The quantitative estimate of drug-likeness (QED) is 0.577. The van der Waals surface area contributed by atoms with Gasteiger partial charge in [0.05, 0.1) is 0 Å². The van der Waals surface area contributed by atoms with Gasteiger partial charge in [0.25, 0.3) is 0 Å². The highest BCUT2D eigenvalue weighted by atomic mass is 16.4. The van der Waals surface area contributed by atoms with Crippen LogP contribution in [0.3, 0.4) is 0 Å². The maximum absolute atomic E-state index is 11.0. The van der Waals surface area contributed by atoms with Crippen molar-refractivity contribution >= 4 is 5.97 Å². The molecule has 0 amide bonds. The van der Waals surface area contributed by atoms with Gasteiger partial charge in [-0.25, -0.2) is 4.79 Å². The van der Waals surface area contributed by atoms with Crippen molar-refractivity contribution in [1.29, 1.82) is 0 Å². The molecule has 1 rings (SSSR count). The summed E-state index contributed by atoms with van der Waals surface area (Å²) < 4.78 is 0. The van der Waals surface area contributed by atoms with Crippen LogP contribution in [0.15, 0.2) is 35.5 Å². The van der Waals surface area contributed by atoms with E-state index in [4.69, 9.17) is 5.11 Å². The number of carboxylic acid groups (broad SMARTS) is 1. The van der Waals surface area contributed by atoms with E-state index in [0.29, 0.717) is 5.57 Å². The lowest BCUT2D eigenvalue weighted by Crippen LogP contribution is -2.12. The Balaban J connectivity index is 2.79. The van der Waals surface area contributed by atoms with Crippen LogP contribution >= 0.6 is 0 Å². The predicted octanol–water partition coefficient (Wildman–Crippen LogP) is 4.10. The average Bonchev–Trinajstić information content (AvgIpc) is 2.28. The molecule has 1 N–H and O–H groups in total. The molecule has 0 aliphatic heterocycles. The first kappa shape index (κ1) is 13.8. The maximum atomic E-state index is 11.0. The fourth-order valence-corrected chi connectivity index (χ4v) is 2.10. The van der Waals surface area contributed by atoms with E-state index in [1.54, 1.807) is 0 Å². The Bertz CT molecular complexity index is 361. The number of hydrogen-bond donors (Lipinski definition) is 1. The van der Waals surface area contributed by atoms with E-state index in [1.165, 1.54) is 11.1 Å². The molecular formula is C15H22O2. The molecule has 0 saturated carbocycles. The number of hydrogen-bond acceptors (Lipinski definition) is 1. The number of carbonyl (C=O) groups is 1. The van der Waals surface area contributed by atoms with Crippen LogP contribution in [-0.2, 0) is 4.79 Å². The van der Waals surface area contributed by atoms with Crippen molar-refractivity contribution in [3.8, 4) is 0 Å². The van der Waals surface area contributed by atoms with Crippen molar-refractivity contribution in [2.75, 3.05) is 0 Å². The summed E-state index contributed by atoms with van der Waals surface area (Å²) in [6.45, 7) is 7.95. The summed E-state index contributed by atoms with van der Waals surface area (Å²) in [6, 6.07) is 0. The third kappa shape index (κ3) is 4.59. The van der Waals surface area contributed by atoms with Gasteiger partial charge in [0.15, 0.2) is 0 Å². The second kappa shape index (κ2) is 6.43. The van der Waals surface area contributed by atoms with Crippen LogP contribution in [0.1, 0.15) is 46.0 Å². The predicted molar refractivity (Wildman–Crippen MR) is 70.9 cm³/mol. The molecule has 0 bridgehead atoms. The molecule has 2 nitrogen and oxygen atoms in total. The van der Waals surface area contributed by atoms with Crippen molar-refractivity contribution in [3.05, 3.63) is 35.5 Å².